The molecular weight excluding hydrogens is 255 g/mol. The number of rotatable bonds is 3. The number of nitrogens with one attached hydrogen (secondary N) is 1. The lowest BCUT2D eigenvalue weighted by atomic mass is 10.1. The van der Waals surface area contributed by atoms with Crippen LogP contribution >= 0.6 is 0 Å². The van der Waals surface area contributed by atoms with E-state index in [-0.39, 0.29) is 11.8 Å². The van der Waals surface area contributed by atoms with Crippen molar-refractivity contribution in [3.63, 3.8) is 0 Å². The van der Waals surface area contributed by atoms with Gasteiger partial charge in [0, 0.05) is 18.2 Å². The fourth-order valence-corrected chi connectivity index (χ4v) is 2.73. The van der Waals surface area contributed by atoms with E-state index in [2.05, 4.69) is 29.6 Å². The first-order valence-corrected chi connectivity index (χ1v) is 6.63. The van der Waals surface area contributed by atoms with Crippen LogP contribution in [0.5, 0.6) is 5.75 Å². The molecular formula is C16H17FN2O. The lowest BCUT2D eigenvalue weighted by Crippen LogP contribution is -2.20. The topological polar surface area (TPSA) is 47.3 Å². The van der Waals surface area contributed by atoms with E-state index in [1.54, 1.807) is 6.07 Å². The van der Waals surface area contributed by atoms with E-state index >= 15 is 0 Å². The van der Waals surface area contributed by atoms with E-state index in [0.29, 0.717) is 5.69 Å². The Hall–Kier alpha value is -2.23. The van der Waals surface area contributed by atoms with Gasteiger partial charge in [-0.3, -0.25) is 0 Å². The molecule has 2 aromatic carbocycles. The van der Waals surface area contributed by atoms with Crippen molar-refractivity contribution in [1.82, 2.24) is 0 Å². The first-order chi connectivity index (χ1) is 9.67. The number of methoxy groups -OCH3 is 1. The zero-order valence-electron chi connectivity index (χ0n) is 11.3. The van der Waals surface area contributed by atoms with E-state index in [9.17, 15) is 4.39 Å². The Morgan fingerprint density at radius 3 is 2.45 bits per heavy atom. The minimum absolute atomic E-state index is 0.206. The molecule has 0 saturated carbocycles. The molecule has 0 saturated heterocycles. The van der Waals surface area contributed by atoms with Gasteiger partial charge in [0.05, 0.1) is 18.5 Å². The molecule has 1 aliphatic carbocycles. The van der Waals surface area contributed by atoms with Gasteiger partial charge in [-0.15, -0.1) is 0 Å². The maximum atomic E-state index is 13.5. The first-order valence-electron chi connectivity index (χ1n) is 6.63. The molecule has 0 fully saturated rings. The summed E-state index contributed by atoms with van der Waals surface area (Å²) < 4.78 is 18.5. The van der Waals surface area contributed by atoms with Crippen LogP contribution < -0.4 is 15.8 Å². The lowest BCUT2D eigenvalue weighted by Gasteiger charge is -2.16. The van der Waals surface area contributed by atoms with Crippen LogP contribution in [-0.4, -0.2) is 13.2 Å². The Morgan fingerprint density at radius 2 is 1.85 bits per heavy atom. The SMILES string of the molecule is COc1cc(NC2Cc3ccccc3C2)c(N)cc1F. The predicted octanol–water partition coefficient (Wildman–Crippen LogP) is 3.00. The normalized spacial score (nSPS) is 14.1. The van der Waals surface area contributed by atoms with E-state index in [1.165, 1.54) is 24.3 Å². The number of fused-ring (bicyclic) bond motifs is 1. The monoisotopic (exact) mass is 272 g/mol. The second kappa shape index (κ2) is 5.04. The molecule has 0 amide bonds. The van der Waals surface area contributed by atoms with Crippen molar-refractivity contribution in [3.05, 3.63) is 53.3 Å². The molecule has 20 heavy (non-hydrogen) atoms. The van der Waals surface area contributed by atoms with E-state index in [1.807, 2.05) is 0 Å². The highest BCUT2D eigenvalue weighted by Gasteiger charge is 2.21. The highest BCUT2D eigenvalue weighted by molar-refractivity contribution is 5.69. The van der Waals surface area contributed by atoms with Gasteiger partial charge in [0.1, 0.15) is 0 Å². The van der Waals surface area contributed by atoms with Crippen LogP contribution in [0.4, 0.5) is 15.8 Å². The van der Waals surface area contributed by atoms with Crippen LogP contribution in [0.1, 0.15) is 11.1 Å². The van der Waals surface area contributed by atoms with Crippen molar-refractivity contribution in [2.45, 2.75) is 18.9 Å². The number of hydrogen-bond donors (Lipinski definition) is 2. The minimum atomic E-state index is -0.440. The highest BCUT2D eigenvalue weighted by Crippen LogP contribution is 2.31. The lowest BCUT2D eigenvalue weighted by molar-refractivity contribution is 0.387. The summed E-state index contributed by atoms with van der Waals surface area (Å²) in [5.74, 6) is -0.234. The van der Waals surface area contributed by atoms with Gasteiger partial charge in [0.15, 0.2) is 11.6 Å². The maximum Gasteiger partial charge on any atom is 0.167 e. The Labute approximate surface area is 117 Å². The van der Waals surface area contributed by atoms with E-state index in [0.717, 1.165) is 18.5 Å². The summed E-state index contributed by atoms with van der Waals surface area (Å²) in [5.41, 5.74) is 9.71. The van der Waals surface area contributed by atoms with Crippen molar-refractivity contribution < 1.29 is 9.13 Å². The Kier molecular flexibility index (Phi) is 3.22. The molecule has 0 spiro atoms. The van der Waals surface area contributed by atoms with Gasteiger partial charge >= 0.3 is 0 Å². The van der Waals surface area contributed by atoms with Gasteiger partial charge in [-0.05, 0) is 24.0 Å². The fourth-order valence-electron chi connectivity index (χ4n) is 2.73. The number of hydrogen-bond acceptors (Lipinski definition) is 3. The van der Waals surface area contributed by atoms with Crippen LogP contribution in [-0.2, 0) is 12.8 Å². The average molecular weight is 272 g/mol. The van der Waals surface area contributed by atoms with E-state index < -0.39 is 5.82 Å². The smallest absolute Gasteiger partial charge is 0.167 e. The summed E-state index contributed by atoms with van der Waals surface area (Å²) in [4.78, 5) is 0. The van der Waals surface area contributed by atoms with Crippen LogP contribution in [0, 0.1) is 5.82 Å². The predicted molar refractivity (Wildman–Crippen MR) is 78.6 cm³/mol. The molecule has 0 unspecified atom stereocenters. The van der Waals surface area contributed by atoms with Crippen LogP contribution in [0.15, 0.2) is 36.4 Å². The fraction of sp³-hybridized carbons (Fsp3) is 0.250. The number of anilines is 2. The third-order valence-electron chi connectivity index (χ3n) is 3.73. The highest BCUT2D eigenvalue weighted by atomic mass is 19.1. The number of halogens is 1. The summed E-state index contributed by atoms with van der Waals surface area (Å²) in [7, 11) is 1.45. The van der Waals surface area contributed by atoms with Gasteiger partial charge in [-0.2, -0.15) is 0 Å². The molecule has 0 heterocycles. The zero-order chi connectivity index (χ0) is 14.1. The number of benzene rings is 2. The molecule has 3 nitrogen and oxygen atoms in total. The van der Waals surface area contributed by atoms with Crippen molar-refractivity contribution >= 4 is 11.4 Å². The van der Waals surface area contributed by atoms with Gasteiger partial charge in [0.2, 0.25) is 0 Å². The van der Waals surface area contributed by atoms with Crippen LogP contribution in [0.2, 0.25) is 0 Å². The van der Waals surface area contributed by atoms with Gasteiger partial charge in [0.25, 0.3) is 0 Å². The molecule has 0 bridgehead atoms. The quantitative estimate of drug-likeness (QED) is 0.844. The Bertz CT molecular complexity index is 617. The summed E-state index contributed by atoms with van der Waals surface area (Å²) in [5, 5.41) is 3.39. The molecule has 0 radical (unpaired) electrons. The first kappa shape index (κ1) is 12.8. The molecule has 0 aliphatic heterocycles. The van der Waals surface area contributed by atoms with Crippen LogP contribution in [0.3, 0.4) is 0 Å². The summed E-state index contributed by atoms with van der Waals surface area (Å²) in [6.07, 6.45) is 1.91. The third kappa shape index (κ3) is 2.29. The van der Waals surface area contributed by atoms with Gasteiger partial charge in [-0.25, -0.2) is 4.39 Å². The van der Waals surface area contributed by atoms with Crippen molar-refractivity contribution in [1.29, 1.82) is 0 Å². The molecule has 0 atom stereocenters. The minimum Gasteiger partial charge on any atom is -0.494 e. The molecule has 4 heteroatoms. The number of ether oxygens (including phenoxy) is 1. The molecule has 2 aromatic rings. The van der Waals surface area contributed by atoms with Crippen LogP contribution in [0.25, 0.3) is 0 Å². The summed E-state index contributed by atoms with van der Waals surface area (Å²) >= 11 is 0. The van der Waals surface area contributed by atoms with Crippen molar-refractivity contribution in [3.8, 4) is 5.75 Å². The summed E-state index contributed by atoms with van der Waals surface area (Å²) in [6, 6.07) is 11.6. The summed E-state index contributed by atoms with van der Waals surface area (Å²) in [6.45, 7) is 0. The largest absolute Gasteiger partial charge is 0.494 e. The Balaban J connectivity index is 1.80. The molecule has 3 N–H and O–H groups in total. The van der Waals surface area contributed by atoms with Crippen molar-refractivity contribution in [2.24, 2.45) is 0 Å². The molecule has 0 aromatic heterocycles. The third-order valence-corrected chi connectivity index (χ3v) is 3.73. The van der Waals surface area contributed by atoms with Gasteiger partial charge in [-0.1, -0.05) is 24.3 Å². The van der Waals surface area contributed by atoms with Gasteiger partial charge < -0.3 is 15.8 Å². The number of nitrogens with two attached hydrogens (primary N) is 1. The molecule has 1 aliphatic rings. The standard InChI is InChI=1S/C16H17FN2O/c1-20-16-9-15(14(18)8-13(16)17)19-12-6-10-4-2-3-5-11(10)7-12/h2-5,8-9,12,19H,6-7,18H2,1H3. The van der Waals surface area contributed by atoms with Crippen molar-refractivity contribution in [2.75, 3.05) is 18.2 Å². The molecule has 104 valence electrons. The van der Waals surface area contributed by atoms with E-state index in [4.69, 9.17) is 10.5 Å². The average Bonchev–Trinajstić information content (AvgIpc) is 2.84. The second-order valence-corrected chi connectivity index (χ2v) is 5.09. The second-order valence-electron chi connectivity index (χ2n) is 5.09. The maximum absolute atomic E-state index is 13.5. The molecule has 3 rings (SSSR count). The Morgan fingerprint density at radius 1 is 1.20 bits per heavy atom. The zero-order valence-corrected chi connectivity index (χ0v) is 11.3. The number of nitrogen functional groups attached to an aromatic ring is 1.